The van der Waals surface area contributed by atoms with Crippen LogP contribution < -0.4 is 13.8 Å². The first-order valence-corrected chi connectivity index (χ1v) is 12.8. The molecule has 9 nitrogen and oxygen atoms in total. The molecule has 192 valence electrons. The Morgan fingerprint density at radius 2 is 1.68 bits per heavy atom. The molecule has 0 saturated carbocycles. The maximum absolute atomic E-state index is 12.5. The number of benzene rings is 3. The average molecular weight is 524 g/mol. The van der Waals surface area contributed by atoms with Gasteiger partial charge in [-0.05, 0) is 55.5 Å². The van der Waals surface area contributed by atoms with E-state index in [0.717, 1.165) is 5.56 Å². The number of rotatable bonds is 9. The van der Waals surface area contributed by atoms with Crippen LogP contribution in [-0.4, -0.2) is 46.3 Å². The molecule has 1 heterocycles. The molecule has 1 fully saturated rings. The molecule has 10 heteroatoms. The molecule has 0 N–H and O–H groups in total. The van der Waals surface area contributed by atoms with Crippen LogP contribution in [-0.2, 0) is 24.4 Å². The summed E-state index contributed by atoms with van der Waals surface area (Å²) in [6, 6.07) is 18.7. The predicted molar refractivity (Wildman–Crippen MR) is 134 cm³/mol. The fourth-order valence-corrected chi connectivity index (χ4v) is 4.74. The zero-order valence-corrected chi connectivity index (χ0v) is 21.1. The minimum atomic E-state index is -4.02. The molecule has 4 rings (SSSR count). The lowest BCUT2D eigenvalue weighted by Gasteiger charge is -2.17. The lowest BCUT2D eigenvalue weighted by Crippen LogP contribution is -2.27. The maximum Gasteiger partial charge on any atom is 0.339 e. The fourth-order valence-electron chi connectivity index (χ4n) is 3.81. The van der Waals surface area contributed by atoms with Crippen LogP contribution in [0.1, 0.15) is 22.3 Å². The minimum absolute atomic E-state index is 0.0144. The fraction of sp³-hybridized carbons (Fsp3) is 0.222. The van der Waals surface area contributed by atoms with E-state index in [1.807, 2.05) is 6.92 Å². The third kappa shape index (κ3) is 6.15. The van der Waals surface area contributed by atoms with Crippen molar-refractivity contribution < 1.29 is 36.5 Å². The molecule has 0 spiro atoms. The van der Waals surface area contributed by atoms with Crippen LogP contribution in [0.25, 0.3) is 0 Å². The summed E-state index contributed by atoms with van der Waals surface area (Å²) in [5.41, 5.74) is 1.74. The second-order valence-electron chi connectivity index (χ2n) is 8.51. The van der Waals surface area contributed by atoms with Crippen molar-refractivity contribution in [1.82, 2.24) is 0 Å². The number of esters is 1. The van der Waals surface area contributed by atoms with Gasteiger partial charge in [0.15, 0.2) is 12.4 Å². The Labute approximate surface area is 214 Å². The van der Waals surface area contributed by atoms with Crippen LogP contribution in [0.5, 0.6) is 11.5 Å². The normalized spacial score (nSPS) is 15.4. The number of methoxy groups -OCH3 is 1. The largest absolute Gasteiger partial charge is 0.497 e. The number of hydrogen-bond acceptors (Lipinski definition) is 8. The Bertz CT molecular complexity index is 1420. The van der Waals surface area contributed by atoms with Crippen molar-refractivity contribution in [2.75, 3.05) is 25.2 Å². The molecular formula is C27H25NO8S. The molecule has 1 aliphatic heterocycles. The van der Waals surface area contributed by atoms with E-state index in [-0.39, 0.29) is 35.1 Å². The summed E-state index contributed by atoms with van der Waals surface area (Å²) in [5, 5.41) is 0. The van der Waals surface area contributed by atoms with E-state index < -0.39 is 34.4 Å². The van der Waals surface area contributed by atoms with Gasteiger partial charge in [0.05, 0.1) is 13.0 Å². The van der Waals surface area contributed by atoms with E-state index in [2.05, 4.69) is 0 Å². The summed E-state index contributed by atoms with van der Waals surface area (Å²) in [6.07, 6.45) is -0.0221. The molecule has 0 radical (unpaired) electrons. The molecule has 1 amide bonds. The summed E-state index contributed by atoms with van der Waals surface area (Å²) in [6.45, 7) is 1.47. The maximum atomic E-state index is 12.5. The van der Waals surface area contributed by atoms with Crippen molar-refractivity contribution in [2.45, 2.75) is 18.2 Å². The van der Waals surface area contributed by atoms with Gasteiger partial charge in [-0.3, -0.25) is 14.4 Å². The highest BCUT2D eigenvalue weighted by atomic mass is 32.2. The average Bonchev–Trinajstić information content (AvgIpc) is 3.29. The first-order valence-electron chi connectivity index (χ1n) is 11.4. The van der Waals surface area contributed by atoms with Gasteiger partial charge in [0, 0.05) is 30.3 Å². The summed E-state index contributed by atoms with van der Waals surface area (Å²) in [5.74, 6) is -1.42. The van der Waals surface area contributed by atoms with Gasteiger partial charge in [-0.1, -0.05) is 23.8 Å². The van der Waals surface area contributed by atoms with E-state index >= 15 is 0 Å². The van der Waals surface area contributed by atoms with Gasteiger partial charge in [-0.2, -0.15) is 8.42 Å². The molecule has 0 unspecified atom stereocenters. The van der Waals surface area contributed by atoms with E-state index in [0.29, 0.717) is 11.4 Å². The Morgan fingerprint density at radius 1 is 0.973 bits per heavy atom. The second kappa shape index (κ2) is 10.8. The lowest BCUT2D eigenvalue weighted by molar-refractivity contribution is -0.147. The highest BCUT2D eigenvalue weighted by Gasteiger charge is 2.36. The van der Waals surface area contributed by atoms with Crippen molar-refractivity contribution in [2.24, 2.45) is 5.92 Å². The van der Waals surface area contributed by atoms with E-state index in [4.69, 9.17) is 13.7 Å². The Balaban J connectivity index is 1.31. The van der Waals surface area contributed by atoms with Crippen molar-refractivity contribution >= 4 is 33.5 Å². The van der Waals surface area contributed by atoms with Crippen LogP contribution in [0, 0.1) is 12.8 Å². The summed E-state index contributed by atoms with van der Waals surface area (Å²) in [7, 11) is -2.50. The molecule has 3 aromatic carbocycles. The molecule has 3 aromatic rings. The van der Waals surface area contributed by atoms with Gasteiger partial charge in [-0.15, -0.1) is 0 Å². The number of hydrogen-bond donors (Lipinski definition) is 0. The van der Waals surface area contributed by atoms with Crippen molar-refractivity contribution in [3.8, 4) is 11.5 Å². The molecule has 1 saturated heterocycles. The zero-order chi connectivity index (χ0) is 26.6. The second-order valence-corrected chi connectivity index (χ2v) is 10.1. The molecule has 1 atom stereocenters. The first-order chi connectivity index (χ1) is 17.7. The van der Waals surface area contributed by atoms with E-state index in [1.54, 1.807) is 36.4 Å². The SMILES string of the molecule is COc1cccc(N2C[C@@H](C(=O)OCC(=O)c3ccc(OS(=O)(=O)c4ccc(C)cc4)cc3)CC2=O)c1. The Morgan fingerprint density at radius 3 is 2.35 bits per heavy atom. The number of nitrogens with zero attached hydrogens (tertiary/aromatic N) is 1. The van der Waals surface area contributed by atoms with Crippen molar-refractivity contribution in [3.05, 3.63) is 83.9 Å². The lowest BCUT2D eigenvalue weighted by atomic mass is 10.1. The molecular weight excluding hydrogens is 498 g/mol. The smallest absolute Gasteiger partial charge is 0.339 e. The van der Waals surface area contributed by atoms with Gasteiger partial charge < -0.3 is 18.6 Å². The summed E-state index contributed by atoms with van der Waals surface area (Å²) in [4.78, 5) is 39.0. The summed E-state index contributed by atoms with van der Waals surface area (Å²) >= 11 is 0. The standard InChI is InChI=1S/C27H25NO8S/c1-18-6-12-24(13-7-18)37(32,33)36-22-10-8-19(9-11-22)25(29)17-35-27(31)20-14-26(30)28(16-20)21-4-3-5-23(15-21)34-2/h3-13,15,20H,14,16-17H2,1-2H3/t20-/m0/s1. The van der Waals surface area contributed by atoms with E-state index in [9.17, 15) is 22.8 Å². The van der Waals surface area contributed by atoms with Gasteiger partial charge >= 0.3 is 16.1 Å². The molecule has 0 aliphatic carbocycles. The van der Waals surface area contributed by atoms with Crippen LogP contribution in [0.3, 0.4) is 0 Å². The Hall–Kier alpha value is -4.18. The van der Waals surface area contributed by atoms with Crippen molar-refractivity contribution in [3.63, 3.8) is 0 Å². The highest BCUT2D eigenvalue weighted by molar-refractivity contribution is 7.87. The van der Waals surface area contributed by atoms with Gasteiger partial charge in [0.25, 0.3) is 0 Å². The number of Topliss-reactive ketones (excluding diaryl/α,β-unsaturated/α-hetero) is 1. The topological polar surface area (TPSA) is 116 Å². The Kier molecular flexibility index (Phi) is 7.58. The third-order valence-corrected chi connectivity index (χ3v) is 7.12. The number of ether oxygens (including phenoxy) is 2. The number of aryl methyl sites for hydroxylation is 1. The zero-order valence-electron chi connectivity index (χ0n) is 20.2. The minimum Gasteiger partial charge on any atom is -0.497 e. The van der Waals surface area contributed by atoms with Crippen LogP contribution in [0.4, 0.5) is 5.69 Å². The first kappa shape index (κ1) is 25.9. The van der Waals surface area contributed by atoms with Crippen LogP contribution >= 0.6 is 0 Å². The number of carbonyl (C=O) groups excluding carboxylic acids is 3. The predicted octanol–water partition coefficient (Wildman–Crippen LogP) is 3.55. The van der Waals surface area contributed by atoms with Gasteiger partial charge in [-0.25, -0.2) is 0 Å². The quantitative estimate of drug-likeness (QED) is 0.238. The van der Waals surface area contributed by atoms with Gasteiger partial charge in [0.2, 0.25) is 5.91 Å². The summed E-state index contributed by atoms with van der Waals surface area (Å²) < 4.78 is 40.3. The molecule has 0 aromatic heterocycles. The third-order valence-electron chi connectivity index (χ3n) is 5.86. The number of amides is 1. The number of anilines is 1. The van der Waals surface area contributed by atoms with E-state index in [1.165, 1.54) is 48.4 Å². The van der Waals surface area contributed by atoms with Crippen molar-refractivity contribution in [1.29, 1.82) is 0 Å². The van der Waals surface area contributed by atoms with Crippen LogP contribution in [0.2, 0.25) is 0 Å². The monoisotopic (exact) mass is 523 g/mol. The molecule has 0 bridgehead atoms. The van der Waals surface area contributed by atoms with Gasteiger partial charge in [0.1, 0.15) is 16.4 Å². The number of ketones is 1. The number of carbonyl (C=O) groups is 3. The molecule has 37 heavy (non-hydrogen) atoms. The highest BCUT2D eigenvalue weighted by Crippen LogP contribution is 2.28. The van der Waals surface area contributed by atoms with Crippen LogP contribution in [0.15, 0.2) is 77.7 Å². The molecule has 1 aliphatic rings.